The van der Waals surface area contributed by atoms with Crippen LogP contribution in [0.2, 0.25) is 0 Å². The van der Waals surface area contributed by atoms with E-state index in [0.29, 0.717) is 42.9 Å². The van der Waals surface area contributed by atoms with Crippen LogP contribution in [0.5, 0.6) is 0 Å². The Balaban J connectivity index is 1.54. The van der Waals surface area contributed by atoms with Gasteiger partial charge >= 0.3 is 12.4 Å². The van der Waals surface area contributed by atoms with Gasteiger partial charge in [-0.05, 0) is 61.2 Å². The smallest absolute Gasteiger partial charge is 0.372 e. The molecule has 3 aromatic rings. The van der Waals surface area contributed by atoms with Crippen LogP contribution in [0.25, 0.3) is 0 Å². The van der Waals surface area contributed by atoms with Gasteiger partial charge in [-0.3, -0.25) is 0 Å². The molecule has 1 fully saturated rings. The number of halogens is 6. The number of benzene rings is 2. The van der Waals surface area contributed by atoms with Crippen LogP contribution in [-0.4, -0.2) is 24.2 Å². The normalized spacial score (nSPS) is 20.7. The van der Waals surface area contributed by atoms with E-state index >= 15 is 0 Å². The molecule has 1 saturated heterocycles. The molecule has 0 radical (unpaired) electrons. The zero-order valence-corrected chi connectivity index (χ0v) is 20.9. The lowest BCUT2D eigenvalue weighted by Crippen LogP contribution is -2.55. The molecule has 1 aromatic heterocycles. The number of ether oxygens (including phenoxy) is 1. The summed E-state index contributed by atoms with van der Waals surface area (Å²) in [5.41, 5.74) is -2.41. The van der Waals surface area contributed by atoms with Crippen molar-refractivity contribution in [1.82, 2.24) is 10.3 Å². The molecular weight excluding hydrogens is 522 g/mol. The van der Waals surface area contributed by atoms with Crippen molar-refractivity contribution in [2.24, 2.45) is 0 Å². The van der Waals surface area contributed by atoms with Gasteiger partial charge in [-0.2, -0.15) is 31.6 Å². The summed E-state index contributed by atoms with van der Waals surface area (Å²) < 4.78 is 86.1. The first-order valence-electron chi connectivity index (χ1n) is 12.2. The second kappa shape index (κ2) is 11.2. The molecule has 2 N–H and O–H groups in total. The Morgan fingerprint density at radius 1 is 1.05 bits per heavy atom. The summed E-state index contributed by atoms with van der Waals surface area (Å²) in [6.07, 6.45) is -8.14. The van der Waals surface area contributed by atoms with Crippen molar-refractivity contribution in [3.05, 3.63) is 94.7 Å². The molecule has 1 aliphatic heterocycles. The minimum absolute atomic E-state index is 0.00945. The van der Waals surface area contributed by atoms with Crippen molar-refractivity contribution in [1.29, 1.82) is 5.26 Å². The number of pyridine rings is 1. The van der Waals surface area contributed by atoms with Crippen LogP contribution in [0, 0.1) is 11.3 Å². The number of hydrogen-bond acceptors (Lipinski definition) is 5. The number of hydrogen-bond donors (Lipinski definition) is 2. The van der Waals surface area contributed by atoms with Crippen LogP contribution in [-0.2, 0) is 22.6 Å². The molecule has 4 rings (SSSR count). The van der Waals surface area contributed by atoms with Gasteiger partial charge in [0.1, 0.15) is 11.9 Å². The highest BCUT2D eigenvalue weighted by Crippen LogP contribution is 2.39. The Bertz CT molecular complexity index is 1280. The molecule has 1 aliphatic rings. The lowest BCUT2D eigenvalue weighted by Gasteiger charge is -2.42. The van der Waals surface area contributed by atoms with Crippen molar-refractivity contribution >= 4 is 5.82 Å². The van der Waals surface area contributed by atoms with Gasteiger partial charge in [-0.15, -0.1) is 0 Å². The number of rotatable bonds is 7. The maximum absolute atomic E-state index is 13.4. The first-order valence-corrected chi connectivity index (χ1v) is 12.2. The van der Waals surface area contributed by atoms with Crippen LogP contribution in [0.15, 0.2) is 66.9 Å². The standard InChI is InChI=1S/C28H26F6N4O/c1-18(20-12-22(27(29,30)31)14-23(13-20)28(32,33)34)39-17-26(21-7-3-2-4-8-21)10-9-24(16-37-26)38-25-19(15-35)6-5-11-36-25/h2-8,11-14,18,24,37H,9-10,16-17H2,1H3,(H,36,38)/t18-,24?,26-/m1/s1. The van der Waals surface area contributed by atoms with Crippen molar-refractivity contribution in [3.63, 3.8) is 0 Å². The Kier molecular flexibility index (Phi) is 8.18. The van der Waals surface area contributed by atoms with Gasteiger partial charge in [0.25, 0.3) is 0 Å². The number of nitriles is 1. The van der Waals surface area contributed by atoms with Crippen molar-refractivity contribution < 1.29 is 31.1 Å². The molecule has 5 nitrogen and oxygen atoms in total. The number of anilines is 1. The molecule has 0 amide bonds. The summed E-state index contributed by atoms with van der Waals surface area (Å²) in [6, 6.07) is 16.2. The van der Waals surface area contributed by atoms with E-state index in [2.05, 4.69) is 21.7 Å². The average Bonchev–Trinajstić information content (AvgIpc) is 2.92. The first-order chi connectivity index (χ1) is 18.4. The maximum Gasteiger partial charge on any atom is 0.416 e. The van der Waals surface area contributed by atoms with Gasteiger partial charge in [-0.25, -0.2) is 4.98 Å². The van der Waals surface area contributed by atoms with E-state index < -0.39 is 35.1 Å². The van der Waals surface area contributed by atoms with Crippen LogP contribution in [0.1, 0.15) is 53.7 Å². The van der Waals surface area contributed by atoms with Gasteiger partial charge in [0.2, 0.25) is 0 Å². The molecule has 0 saturated carbocycles. The molecule has 0 aliphatic carbocycles. The van der Waals surface area contributed by atoms with Gasteiger partial charge in [0, 0.05) is 18.8 Å². The Hall–Kier alpha value is -3.62. The van der Waals surface area contributed by atoms with E-state index in [9.17, 15) is 31.6 Å². The summed E-state index contributed by atoms with van der Waals surface area (Å²) in [5, 5.41) is 16.1. The van der Waals surface area contributed by atoms with Gasteiger partial charge < -0.3 is 15.4 Å². The predicted octanol–water partition coefficient (Wildman–Crippen LogP) is 6.83. The van der Waals surface area contributed by atoms with Crippen LogP contribution < -0.4 is 10.6 Å². The minimum Gasteiger partial charge on any atom is -0.372 e. The zero-order chi connectivity index (χ0) is 28.3. The Labute approximate surface area is 221 Å². The van der Waals surface area contributed by atoms with E-state index in [1.807, 2.05) is 30.3 Å². The van der Waals surface area contributed by atoms with Crippen molar-refractivity contribution in [3.8, 4) is 6.07 Å². The highest BCUT2D eigenvalue weighted by atomic mass is 19.4. The third kappa shape index (κ3) is 6.69. The number of alkyl halides is 6. The fourth-order valence-electron chi connectivity index (χ4n) is 4.64. The molecule has 39 heavy (non-hydrogen) atoms. The van der Waals surface area contributed by atoms with E-state index in [4.69, 9.17) is 4.74 Å². The number of nitrogens with one attached hydrogen (secondary N) is 2. The molecule has 206 valence electrons. The van der Waals surface area contributed by atoms with E-state index in [1.54, 1.807) is 18.3 Å². The maximum atomic E-state index is 13.4. The largest absolute Gasteiger partial charge is 0.416 e. The minimum atomic E-state index is -4.94. The lowest BCUT2D eigenvalue weighted by molar-refractivity contribution is -0.143. The van der Waals surface area contributed by atoms with Crippen molar-refractivity contribution in [2.45, 2.75) is 49.8 Å². The van der Waals surface area contributed by atoms with Gasteiger partial charge in [0.15, 0.2) is 0 Å². The fraction of sp³-hybridized carbons (Fsp3) is 0.357. The summed E-state index contributed by atoms with van der Waals surface area (Å²) >= 11 is 0. The Morgan fingerprint density at radius 3 is 2.28 bits per heavy atom. The molecule has 3 atom stereocenters. The van der Waals surface area contributed by atoms with E-state index in [0.717, 1.165) is 5.56 Å². The number of piperidine rings is 1. The van der Waals surface area contributed by atoms with Gasteiger partial charge in [0.05, 0.1) is 34.9 Å². The fourth-order valence-corrected chi connectivity index (χ4v) is 4.64. The molecule has 0 bridgehead atoms. The van der Waals surface area contributed by atoms with Crippen LogP contribution in [0.4, 0.5) is 32.2 Å². The second-order valence-electron chi connectivity index (χ2n) is 9.51. The first kappa shape index (κ1) is 28.4. The summed E-state index contributed by atoms with van der Waals surface area (Å²) in [4.78, 5) is 4.23. The number of nitrogens with zero attached hydrogens (tertiary/aromatic N) is 2. The quantitative estimate of drug-likeness (QED) is 0.317. The highest BCUT2D eigenvalue weighted by molar-refractivity contribution is 5.52. The third-order valence-electron chi connectivity index (χ3n) is 6.86. The highest BCUT2D eigenvalue weighted by Gasteiger charge is 2.39. The SMILES string of the molecule is C[C@@H](OC[C@@]1(c2ccccc2)CCC(Nc2ncccc2C#N)CN1)c1cc(C(F)(F)F)cc(C(F)(F)F)c1. The molecule has 0 spiro atoms. The molecule has 2 aromatic carbocycles. The van der Waals surface area contributed by atoms with Gasteiger partial charge in [-0.1, -0.05) is 30.3 Å². The monoisotopic (exact) mass is 548 g/mol. The predicted molar refractivity (Wildman–Crippen MR) is 133 cm³/mol. The van der Waals surface area contributed by atoms with Crippen molar-refractivity contribution in [2.75, 3.05) is 18.5 Å². The summed E-state index contributed by atoms with van der Waals surface area (Å²) in [6.45, 7) is 1.90. The lowest BCUT2D eigenvalue weighted by atomic mass is 9.81. The van der Waals surface area contributed by atoms with E-state index in [-0.39, 0.29) is 24.3 Å². The average molecular weight is 549 g/mol. The third-order valence-corrected chi connectivity index (χ3v) is 6.86. The zero-order valence-electron chi connectivity index (χ0n) is 20.9. The molecule has 2 heterocycles. The topological polar surface area (TPSA) is 70.0 Å². The van der Waals surface area contributed by atoms with Crippen LogP contribution >= 0.6 is 0 Å². The molecule has 11 heteroatoms. The Morgan fingerprint density at radius 2 is 1.72 bits per heavy atom. The molecule has 1 unspecified atom stereocenters. The van der Waals surface area contributed by atoms with Crippen LogP contribution in [0.3, 0.4) is 0 Å². The number of aromatic nitrogens is 1. The summed E-state index contributed by atoms with van der Waals surface area (Å²) in [5.74, 6) is 0.467. The molecular formula is C28H26F6N4O. The summed E-state index contributed by atoms with van der Waals surface area (Å²) in [7, 11) is 0. The second-order valence-corrected chi connectivity index (χ2v) is 9.51. The van der Waals surface area contributed by atoms with E-state index in [1.165, 1.54) is 6.92 Å².